The van der Waals surface area contributed by atoms with Crippen LogP contribution in [0.3, 0.4) is 0 Å². The molecule has 0 aromatic carbocycles. The van der Waals surface area contributed by atoms with Gasteiger partial charge in [0.05, 0.1) is 21.4 Å². The first-order valence-electron chi connectivity index (χ1n) is 5.58. The molecule has 0 spiro atoms. The van der Waals surface area contributed by atoms with Crippen LogP contribution in [0.2, 0.25) is 10.0 Å². The lowest BCUT2D eigenvalue weighted by atomic mass is 10.4. The Morgan fingerprint density at radius 3 is 2.63 bits per heavy atom. The van der Waals surface area contributed by atoms with Gasteiger partial charge in [-0.1, -0.05) is 23.2 Å². The van der Waals surface area contributed by atoms with Crippen molar-refractivity contribution in [1.29, 1.82) is 0 Å². The van der Waals surface area contributed by atoms with E-state index >= 15 is 0 Å². The van der Waals surface area contributed by atoms with Gasteiger partial charge in [0.25, 0.3) is 0 Å². The lowest BCUT2D eigenvalue weighted by molar-refractivity contribution is -0.117. The summed E-state index contributed by atoms with van der Waals surface area (Å²) in [5.74, 6) is 0.221. The zero-order chi connectivity index (χ0) is 14.0. The van der Waals surface area contributed by atoms with Crippen LogP contribution in [0.4, 0.5) is 5.82 Å². The molecule has 0 saturated heterocycles. The van der Waals surface area contributed by atoms with Gasteiger partial charge in [0, 0.05) is 6.20 Å². The van der Waals surface area contributed by atoms with Gasteiger partial charge >= 0.3 is 0 Å². The van der Waals surface area contributed by atoms with Gasteiger partial charge in [0.15, 0.2) is 0 Å². The number of halogens is 2. The molecule has 2 rings (SSSR count). The van der Waals surface area contributed by atoms with E-state index in [1.165, 1.54) is 6.20 Å². The number of amides is 1. The predicted octanol–water partition coefficient (Wildman–Crippen LogP) is 2.84. The highest BCUT2D eigenvalue weighted by atomic mass is 35.5. The quantitative estimate of drug-likeness (QED) is 0.948. The van der Waals surface area contributed by atoms with Gasteiger partial charge in [-0.2, -0.15) is 5.10 Å². The van der Waals surface area contributed by atoms with Crippen LogP contribution in [0.15, 0.2) is 18.3 Å². The van der Waals surface area contributed by atoms with Gasteiger partial charge in [-0.25, -0.2) is 4.98 Å². The van der Waals surface area contributed by atoms with Crippen LogP contribution in [0.5, 0.6) is 0 Å². The van der Waals surface area contributed by atoms with Gasteiger partial charge in [-0.15, -0.1) is 0 Å². The summed E-state index contributed by atoms with van der Waals surface area (Å²) in [6.07, 6.45) is 1.47. The zero-order valence-electron chi connectivity index (χ0n) is 10.4. The molecule has 2 heterocycles. The van der Waals surface area contributed by atoms with Gasteiger partial charge in [0.1, 0.15) is 12.4 Å². The molecule has 2 aromatic heterocycles. The van der Waals surface area contributed by atoms with E-state index in [2.05, 4.69) is 15.4 Å². The number of carbonyl (C=O) groups excluding carboxylic acids is 1. The third-order valence-electron chi connectivity index (χ3n) is 2.58. The summed E-state index contributed by atoms with van der Waals surface area (Å²) < 4.78 is 1.56. The molecule has 7 heteroatoms. The highest BCUT2D eigenvalue weighted by molar-refractivity contribution is 6.31. The minimum absolute atomic E-state index is 0.0870. The number of rotatable bonds is 3. The Morgan fingerprint density at radius 1 is 1.37 bits per heavy atom. The Bertz CT molecular complexity index is 607. The van der Waals surface area contributed by atoms with Gasteiger partial charge < -0.3 is 5.32 Å². The summed E-state index contributed by atoms with van der Waals surface area (Å²) in [7, 11) is 0. The molecule has 0 saturated carbocycles. The largest absolute Gasteiger partial charge is 0.309 e. The summed E-state index contributed by atoms with van der Waals surface area (Å²) in [6.45, 7) is 3.70. The first-order chi connectivity index (χ1) is 8.97. The van der Waals surface area contributed by atoms with E-state index in [-0.39, 0.29) is 12.5 Å². The molecule has 1 amide bonds. The molecule has 0 atom stereocenters. The maximum atomic E-state index is 11.9. The van der Waals surface area contributed by atoms with Crippen LogP contribution >= 0.6 is 23.2 Å². The van der Waals surface area contributed by atoms with Gasteiger partial charge in [-0.05, 0) is 26.0 Å². The van der Waals surface area contributed by atoms with Crippen molar-refractivity contribution in [3.8, 4) is 0 Å². The maximum Gasteiger partial charge on any atom is 0.247 e. The molecule has 0 radical (unpaired) electrons. The Kier molecular flexibility index (Phi) is 4.07. The second-order valence-electron chi connectivity index (χ2n) is 4.05. The fourth-order valence-electron chi connectivity index (χ4n) is 1.60. The topological polar surface area (TPSA) is 59.8 Å². The highest BCUT2D eigenvalue weighted by Crippen LogP contribution is 2.18. The summed E-state index contributed by atoms with van der Waals surface area (Å²) in [6, 6.07) is 3.29. The predicted molar refractivity (Wildman–Crippen MR) is 74.6 cm³/mol. The second kappa shape index (κ2) is 5.59. The van der Waals surface area contributed by atoms with Crippen molar-refractivity contribution in [3.05, 3.63) is 39.8 Å². The van der Waals surface area contributed by atoms with Crippen molar-refractivity contribution < 1.29 is 4.79 Å². The molecule has 100 valence electrons. The van der Waals surface area contributed by atoms with Gasteiger partial charge in [-0.3, -0.25) is 9.48 Å². The minimum atomic E-state index is -0.225. The van der Waals surface area contributed by atoms with E-state index in [9.17, 15) is 4.79 Å². The fraction of sp³-hybridized carbons (Fsp3) is 0.250. The number of aryl methyl sites for hydroxylation is 1. The Labute approximate surface area is 120 Å². The van der Waals surface area contributed by atoms with Crippen LogP contribution in [0.25, 0.3) is 0 Å². The molecular formula is C12H12Cl2N4O. The van der Waals surface area contributed by atoms with Crippen LogP contribution in [0, 0.1) is 13.8 Å². The molecule has 0 aliphatic rings. The third-order valence-corrected chi connectivity index (χ3v) is 3.35. The van der Waals surface area contributed by atoms with Crippen LogP contribution in [0.1, 0.15) is 11.4 Å². The van der Waals surface area contributed by atoms with Crippen molar-refractivity contribution in [2.24, 2.45) is 0 Å². The smallest absolute Gasteiger partial charge is 0.247 e. The normalized spacial score (nSPS) is 10.5. The number of nitrogens with one attached hydrogen (secondary N) is 1. The number of hydrogen-bond acceptors (Lipinski definition) is 3. The molecule has 2 aromatic rings. The van der Waals surface area contributed by atoms with E-state index in [1.54, 1.807) is 23.7 Å². The van der Waals surface area contributed by atoms with Crippen LogP contribution in [-0.4, -0.2) is 20.7 Å². The molecule has 5 nitrogen and oxygen atoms in total. The summed E-state index contributed by atoms with van der Waals surface area (Å²) in [4.78, 5) is 15.8. The van der Waals surface area contributed by atoms with E-state index in [4.69, 9.17) is 23.2 Å². The van der Waals surface area contributed by atoms with Crippen LogP contribution in [-0.2, 0) is 11.3 Å². The molecule has 1 N–H and O–H groups in total. The summed E-state index contributed by atoms with van der Waals surface area (Å²) in [5.41, 5.74) is 1.47. The molecule has 19 heavy (non-hydrogen) atoms. The van der Waals surface area contributed by atoms with Crippen molar-refractivity contribution in [3.63, 3.8) is 0 Å². The van der Waals surface area contributed by atoms with E-state index in [1.807, 2.05) is 6.92 Å². The lowest BCUT2D eigenvalue weighted by Crippen LogP contribution is -2.20. The first kappa shape index (κ1) is 13.8. The number of hydrogen-bond donors (Lipinski definition) is 1. The third kappa shape index (κ3) is 3.24. The second-order valence-corrected chi connectivity index (χ2v) is 4.87. The summed E-state index contributed by atoms with van der Waals surface area (Å²) >= 11 is 11.7. The average molecular weight is 299 g/mol. The highest BCUT2D eigenvalue weighted by Gasteiger charge is 2.12. The Balaban J connectivity index is 2.05. The van der Waals surface area contributed by atoms with E-state index < -0.39 is 0 Å². The number of pyridine rings is 1. The number of aromatic nitrogens is 3. The molecule has 0 fully saturated rings. The summed E-state index contributed by atoms with van der Waals surface area (Å²) in [5, 5.41) is 7.95. The number of nitrogens with zero attached hydrogens (tertiary/aromatic N) is 3. The molecule has 0 bridgehead atoms. The van der Waals surface area contributed by atoms with Crippen molar-refractivity contribution >= 4 is 34.9 Å². The first-order valence-corrected chi connectivity index (χ1v) is 6.34. The minimum Gasteiger partial charge on any atom is -0.309 e. The number of anilines is 1. The van der Waals surface area contributed by atoms with E-state index in [0.29, 0.717) is 21.6 Å². The Morgan fingerprint density at radius 2 is 2.11 bits per heavy atom. The standard InChI is InChI=1S/C12H12Cl2N4O/c1-7-12(14)8(2)18(17-7)6-11(19)16-10-4-3-9(13)5-15-10/h3-5H,6H2,1-2H3,(H,15,16,19). The number of carbonyl (C=O) groups is 1. The van der Waals surface area contributed by atoms with Crippen LogP contribution < -0.4 is 5.32 Å². The average Bonchev–Trinajstić information content (AvgIpc) is 2.60. The van der Waals surface area contributed by atoms with Crippen molar-refractivity contribution in [2.75, 3.05) is 5.32 Å². The monoisotopic (exact) mass is 298 g/mol. The van der Waals surface area contributed by atoms with Crippen molar-refractivity contribution in [1.82, 2.24) is 14.8 Å². The molecule has 0 aliphatic carbocycles. The molecule has 0 unspecified atom stereocenters. The van der Waals surface area contributed by atoms with E-state index in [0.717, 1.165) is 5.69 Å². The Hall–Kier alpha value is -1.59. The maximum absolute atomic E-state index is 11.9. The van der Waals surface area contributed by atoms with Gasteiger partial charge in [0.2, 0.25) is 5.91 Å². The van der Waals surface area contributed by atoms with Crippen molar-refractivity contribution in [2.45, 2.75) is 20.4 Å². The fourth-order valence-corrected chi connectivity index (χ4v) is 1.84. The molecule has 0 aliphatic heterocycles. The lowest BCUT2D eigenvalue weighted by Gasteiger charge is -2.06. The zero-order valence-corrected chi connectivity index (χ0v) is 12.0. The SMILES string of the molecule is Cc1nn(CC(=O)Nc2ccc(Cl)cn2)c(C)c1Cl. The molecular weight excluding hydrogens is 287 g/mol.